The molecule has 0 saturated heterocycles. The summed E-state index contributed by atoms with van der Waals surface area (Å²) in [5, 5.41) is 9.72. The fourth-order valence-corrected chi connectivity index (χ4v) is 1.64. The van der Waals surface area contributed by atoms with Crippen molar-refractivity contribution in [2.75, 3.05) is 0 Å². The van der Waals surface area contributed by atoms with Crippen molar-refractivity contribution in [2.45, 2.75) is 32.8 Å². The van der Waals surface area contributed by atoms with Crippen LogP contribution in [0.1, 0.15) is 37.5 Å². The standard InChI is InChI=1S/C14H20O/c1-4-5-14(15)13-8-6-12(7-9-13)10-11(2)3/h4,6-9,11,14-15H,1,5,10H2,2-3H3. The highest BCUT2D eigenvalue weighted by Crippen LogP contribution is 2.18. The van der Waals surface area contributed by atoms with Crippen LogP contribution in [0.25, 0.3) is 0 Å². The van der Waals surface area contributed by atoms with Crippen LogP contribution in [-0.4, -0.2) is 5.11 Å². The molecule has 1 aromatic rings. The summed E-state index contributed by atoms with van der Waals surface area (Å²) < 4.78 is 0. The zero-order chi connectivity index (χ0) is 11.3. The molecule has 82 valence electrons. The Morgan fingerprint density at radius 2 is 1.87 bits per heavy atom. The normalized spacial score (nSPS) is 12.8. The van der Waals surface area contributed by atoms with Crippen LogP contribution < -0.4 is 0 Å². The molecule has 0 bridgehead atoms. The third kappa shape index (κ3) is 3.88. The third-order valence-corrected chi connectivity index (χ3v) is 2.40. The second-order valence-corrected chi connectivity index (χ2v) is 4.38. The highest BCUT2D eigenvalue weighted by molar-refractivity contribution is 5.24. The minimum Gasteiger partial charge on any atom is -0.388 e. The molecule has 1 nitrogen and oxygen atoms in total. The van der Waals surface area contributed by atoms with E-state index in [-0.39, 0.29) is 0 Å². The van der Waals surface area contributed by atoms with Gasteiger partial charge < -0.3 is 5.11 Å². The Morgan fingerprint density at radius 1 is 1.27 bits per heavy atom. The molecule has 0 radical (unpaired) electrons. The fraction of sp³-hybridized carbons (Fsp3) is 0.429. The van der Waals surface area contributed by atoms with Gasteiger partial charge in [-0.15, -0.1) is 6.58 Å². The minimum absolute atomic E-state index is 0.407. The Kier molecular flexibility index (Phi) is 4.57. The summed E-state index contributed by atoms with van der Waals surface area (Å²) in [6.07, 6.45) is 3.05. The maximum atomic E-state index is 9.72. The van der Waals surface area contributed by atoms with Gasteiger partial charge in [-0.1, -0.05) is 44.2 Å². The van der Waals surface area contributed by atoms with E-state index in [2.05, 4.69) is 32.6 Å². The Bertz CT molecular complexity index is 298. The van der Waals surface area contributed by atoms with E-state index >= 15 is 0 Å². The molecule has 1 heteroatoms. The van der Waals surface area contributed by atoms with Crippen LogP contribution in [-0.2, 0) is 6.42 Å². The lowest BCUT2D eigenvalue weighted by molar-refractivity contribution is 0.181. The van der Waals surface area contributed by atoms with E-state index in [1.165, 1.54) is 5.56 Å². The second kappa shape index (κ2) is 5.72. The molecular weight excluding hydrogens is 184 g/mol. The first-order valence-corrected chi connectivity index (χ1v) is 5.51. The molecule has 0 heterocycles. The average Bonchev–Trinajstić information content (AvgIpc) is 2.18. The Balaban J connectivity index is 2.67. The first-order valence-electron chi connectivity index (χ1n) is 5.51. The summed E-state index contributed by atoms with van der Waals surface area (Å²) >= 11 is 0. The minimum atomic E-state index is -0.407. The van der Waals surface area contributed by atoms with Crippen molar-refractivity contribution in [3.05, 3.63) is 48.0 Å². The number of hydrogen-bond acceptors (Lipinski definition) is 1. The van der Waals surface area contributed by atoms with Crippen LogP contribution in [0.3, 0.4) is 0 Å². The van der Waals surface area contributed by atoms with Crippen molar-refractivity contribution >= 4 is 0 Å². The highest BCUT2D eigenvalue weighted by atomic mass is 16.3. The van der Waals surface area contributed by atoms with E-state index in [1.807, 2.05) is 12.1 Å². The molecule has 0 aliphatic carbocycles. The maximum absolute atomic E-state index is 9.72. The fourth-order valence-electron chi connectivity index (χ4n) is 1.64. The molecule has 0 aliphatic rings. The van der Waals surface area contributed by atoms with Gasteiger partial charge >= 0.3 is 0 Å². The van der Waals surface area contributed by atoms with Crippen LogP contribution in [0.4, 0.5) is 0 Å². The summed E-state index contributed by atoms with van der Waals surface area (Å²) in [6.45, 7) is 8.04. The van der Waals surface area contributed by atoms with Crippen LogP contribution in [0, 0.1) is 5.92 Å². The summed E-state index contributed by atoms with van der Waals surface area (Å²) in [5.74, 6) is 0.675. The number of rotatable bonds is 5. The number of hydrogen-bond donors (Lipinski definition) is 1. The van der Waals surface area contributed by atoms with Gasteiger partial charge in [-0.2, -0.15) is 0 Å². The van der Waals surface area contributed by atoms with Crippen molar-refractivity contribution < 1.29 is 5.11 Å². The van der Waals surface area contributed by atoms with Gasteiger partial charge in [0.2, 0.25) is 0 Å². The molecule has 0 fully saturated rings. The molecule has 0 saturated carbocycles. The van der Waals surface area contributed by atoms with E-state index in [0.29, 0.717) is 12.3 Å². The van der Waals surface area contributed by atoms with Gasteiger partial charge in [0, 0.05) is 0 Å². The largest absolute Gasteiger partial charge is 0.388 e. The monoisotopic (exact) mass is 204 g/mol. The molecule has 1 atom stereocenters. The quantitative estimate of drug-likeness (QED) is 0.728. The third-order valence-electron chi connectivity index (χ3n) is 2.40. The van der Waals surface area contributed by atoms with Gasteiger partial charge in [0.25, 0.3) is 0 Å². The predicted molar refractivity (Wildman–Crippen MR) is 64.8 cm³/mol. The molecule has 15 heavy (non-hydrogen) atoms. The van der Waals surface area contributed by atoms with Crippen LogP contribution in [0.5, 0.6) is 0 Å². The molecule has 1 rings (SSSR count). The van der Waals surface area contributed by atoms with Crippen molar-refractivity contribution in [1.82, 2.24) is 0 Å². The van der Waals surface area contributed by atoms with Gasteiger partial charge in [0.1, 0.15) is 0 Å². The van der Waals surface area contributed by atoms with E-state index < -0.39 is 6.10 Å². The molecule has 0 aliphatic heterocycles. The average molecular weight is 204 g/mol. The zero-order valence-electron chi connectivity index (χ0n) is 9.61. The predicted octanol–water partition coefficient (Wildman–Crippen LogP) is 3.49. The molecule has 1 N–H and O–H groups in total. The van der Waals surface area contributed by atoms with Crippen molar-refractivity contribution in [3.8, 4) is 0 Å². The van der Waals surface area contributed by atoms with Gasteiger partial charge in [-0.25, -0.2) is 0 Å². The number of aliphatic hydroxyl groups excluding tert-OH is 1. The second-order valence-electron chi connectivity index (χ2n) is 4.38. The highest BCUT2D eigenvalue weighted by Gasteiger charge is 2.05. The Hall–Kier alpha value is -1.08. The summed E-state index contributed by atoms with van der Waals surface area (Å²) in [7, 11) is 0. The van der Waals surface area contributed by atoms with E-state index in [1.54, 1.807) is 6.08 Å². The lowest BCUT2D eigenvalue weighted by Gasteiger charge is -2.10. The molecular formula is C14H20O. The molecule has 1 aromatic carbocycles. The van der Waals surface area contributed by atoms with E-state index in [9.17, 15) is 5.11 Å². The first kappa shape index (κ1) is 12.0. The lowest BCUT2D eigenvalue weighted by Crippen LogP contribution is -1.97. The Morgan fingerprint density at radius 3 is 2.33 bits per heavy atom. The van der Waals surface area contributed by atoms with Gasteiger partial charge in [0.05, 0.1) is 6.10 Å². The van der Waals surface area contributed by atoms with Crippen molar-refractivity contribution in [2.24, 2.45) is 5.92 Å². The molecule has 1 unspecified atom stereocenters. The number of benzene rings is 1. The van der Waals surface area contributed by atoms with Crippen molar-refractivity contribution in [1.29, 1.82) is 0 Å². The van der Waals surface area contributed by atoms with Crippen molar-refractivity contribution in [3.63, 3.8) is 0 Å². The smallest absolute Gasteiger partial charge is 0.0824 e. The molecule has 0 aromatic heterocycles. The topological polar surface area (TPSA) is 20.2 Å². The zero-order valence-corrected chi connectivity index (χ0v) is 9.61. The van der Waals surface area contributed by atoms with Gasteiger partial charge in [0.15, 0.2) is 0 Å². The summed E-state index contributed by atoms with van der Waals surface area (Å²) in [4.78, 5) is 0. The number of aliphatic hydroxyl groups is 1. The van der Waals surface area contributed by atoms with Gasteiger partial charge in [-0.3, -0.25) is 0 Å². The summed E-state index contributed by atoms with van der Waals surface area (Å²) in [6, 6.07) is 8.21. The van der Waals surface area contributed by atoms with Crippen LogP contribution >= 0.6 is 0 Å². The summed E-state index contributed by atoms with van der Waals surface area (Å²) in [5.41, 5.74) is 2.31. The van der Waals surface area contributed by atoms with E-state index in [0.717, 1.165) is 12.0 Å². The van der Waals surface area contributed by atoms with Crippen LogP contribution in [0.15, 0.2) is 36.9 Å². The van der Waals surface area contributed by atoms with Crippen LogP contribution in [0.2, 0.25) is 0 Å². The van der Waals surface area contributed by atoms with Gasteiger partial charge in [-0.05, 0) is 29.9 Å². The van der Waals surface area contributed by atoms with E-state index in [4.69, 9.17) is 0 Å². The molecule has 0 amide bonds. The SMILES string of the molecule is C=CCC(O)c1ccc(CC(C)C)cc1. The Labute approximate surface area is 92.5 Å². The maximum Gasteiger partial charge on any atom is 0.0824 e. The lowest BCUT2D eigenvalue weighted by atomic mass is 9.99. The first-order chi connectivity index (χ1) is 7.13. The molecule has 0 spiro atoms.